The zero-order valence-electron chi connectivity index (χ0n) is 8.82. The quantitative estimate of drug-likeness (QED) is 0.742. The smallest absolute Gasteiger partial charge is 0.327 e. The average molecular weight is 205 g/mol. The number of carbonyl (C=O) groups is 1. The summed E-state index contributed by atoms with van der Waals surface area (Å²) in [5.74, 6) is -0.176. The lowest BCUT2D eigenvalue weighted by atomic mass is 9.94. The molecule has 3 nitrogen and oxygen atoms in total. The van der Waals surface area contributed by atoms with Crippen molar-refractivity contribution < 1.29 is 9.53 Å². The third-order valence-corrected chi connectivity index (χ3v) is 2.63. The van der Waals surface area contributed by atoms with Crippen molar-refractivity contribution in [1.29, 1.82) is 0 Å². The van der Waals surface area contributed by atoms with Gasteiger partial charge in [-0.15, -0.1) is 0 Å². The van der Waals surface area contributed by atoms with Crippen molar-refractivity contribution in [2.45, 2.75) is 19.4 Å². The van der Waals surface area contributed by atoms with Crippen molar-refractivity contribution in [2.24, 2.45) is 0 Å². The van der Waals surface area contributed by atoms with E-state index in [2.05, 4.69) is 11.4 Å². The molecule has 1 aliphatic rings. The fourth-order valence-electron chi connectivity index (χ4n) is 1.94. The Labute approximate surface area is 89.4 Å². The number of fused-ring (bicyclic) bond motifs is 1. The fraction of sp³-hybridized carbons (Fsp3) is 0.417. The van der Waals surface area contributed by atoms with Crippen molar-refractivity contribution in [3.63, 3.8) is 0 Å². The Morgan fingerprint density at radius 2 is 2.33 bits per heavy atom. The van der Waals surface area contributed by atoms with Gasteiger partial charge in [0, 0.05) is 6.54 Å². The minimum atomic E-state index is -0.283. The van der Waals surface area contributed by atoms with Gasteiger partial charge in [-0.25, -0.2) is 4.79 Å². The highest BCUT2D eigenvalue weighted by Gasteiger charge is 2.26. The van der Waals surface area contributed by atoms with E-state index in [1.165, 1.54) is 5.56 Å². The summed E-state index contributed by atoms with van der Waals surface area (Å²) in [6.45, 7) is 3.09. The first-order chi connectivity index (χ1) is 7.33. The summed E-state index contributed by atoms with van der Waals surface area (Å²) in [4.78, 5) is 11.7. The van der Waals surface area contributed by atoms with E-state index < -0.39 is 0 Å². The molecule has 0 saturated heterocycles. The summed E-state index contributed by atoms with van der Waals surface area (Å²) in [5.41, 5.74) is 2.30. The van der Waals surface area contributed by atoms with Crippen molar-refractivity contribution >= 4 is 5.97 Å². The highest BCUT2D eigenvalue weighted by atomic mass is 16.5. The Balaban J connectivity index is 2.25. The lowest BCUT2D eigenvalue weighted by Gasteiger charge is -2.25. The molecule has 0 unspecified atom stereocenters. The van der Waals surface area contributed by atoms with E-state index in [0.717, 1.165) is 18.5 Å². The number of hydrogen-bond donors (Lipinski definition) is 1. The average Bonchev–Trinajstić information content (AvgIpc) is 2.28. The molecule has 0 spiro atoms. The monoisotopic (exact) mass is 205 g/mol. The van der Waals surface area contributed by atoms with Gasteiger partial charge in [0.1, 0.15) is 6.04 Å². The van der Waals surface area contributed by atoms with E-state index in [0.29, 0.717) is 6.61 Å². The van der Waals surface area contributed by atoms with Crippen LogP contribution in [0, 0.1) is 0 Å². The van der Waals surface area contributed by atoms with Gasteiger partial charge in [-0.05, 0) is 24.5 Å². The second-order valence-corrected chi connectivity index (χ2v) is 3.59. The van der Waals surface area contributed by atoms with Crippen molar-refractivity contribution in [2.75, 3.05) is 13.2 Å². The summed E-state index contributed by atoms with van der Waals surface area (Å²) in [5, 5.41) is 3.19. The van der Waals surface area contributed by atoms with Gasteiger partial charge in [0.15, 0.2) is 0 Å². The largest absolute Gasteiger partial charge is 0.465 e. The van der Waals surface area contributed by atoms with Gasteiger partial charge >= 0.3 is 5.97 Å². The Morgan fingerprint density at radius 3 is 3.13 bits per heavy atom. The molecule has 1 aliphatic heterocycles. The topological polar surface area (TPSA) is 38.3 Å². The number of hydrogen-bond acceptors (Lipinski definition) is 3. The predicted octanol–water partition coefficient (Wildman–Crippen LogP) is 1.44. The van der Waals surface area contributed by atoms with Crippen LogP contribution in [0.3, 0.4) is 0 Å². The van der Waals surface area contributed by atoms with Gasteiger partial charge in [0.05, 0.1) is 6.61 Å². The van der Waals surface area contributed by atoms with Crippen LogP contribution in [-0.4, -0.2) is 19.1 Å². The second kappa shape index (κ2) is 4.45. The molecular formula is C12H15NO2. The van der Waals surface area contributed by atoms with Crippen LogP contribution in [0.5, 0.6) is 0 Å². The highest BCUT2D eigenvalue weighted by Crippen LogP contribution is 2.23. The summed E-state index contributed by atoms with van der Waals surface area (Å²) in [6.07, 6.45) is 0.978. The fourth-order valence-corrected chi connectivity index (χ4v) is 1.94. The number of benzene rings is 1. The molecule has 0 fully saturated rings. The van der Waals surface area contributed by atoms with Gasteiger partial charge in [0.2, 0.25) is 0 Å². The van der Waals surface area contributed by atoms with Crippen LogP contribution in [0.25, 0.3) is 0 Å². The van der Waals surface area contributed by atoms with Crippen molar-refractivity contribution in [1.82, 2.24) is 5.32 Å². The van der Waals surface area contributed by atoms with Gasteiger partial charge < -0.3 is 10.1 Å². The molecule has 0 aliphatic carbocycles. The van der Waals surface area contributed by atoms with Crippen LogP contribution in [0.4, 0.5) is 0 Å². The number of carbonyl (C=O) groups excluding carboxylic acids is 1. The molecule has 0 amide bonds. The molecule has 1 heterocycles. The number of nitrogens with one attached hydrogen (secondary N) is 1. The van der Waals surface area contributed by atoms with Gasteiger partial charge in [-0.2, -0.15) is 0 Å². The van der Waals surface area contributed by atoms with Gasteiger partial charge in [-0.1, -0.05) is 24.3 Å². The first kappa shape index (κ1) is 10.2. The molecule has 0 saturated carbocycles. The first-order valence-corrected chi connectivity index (χ1v) is 5.30. The molecular weight excluding hydrogens is 190 g/mol. The SMILES string of the molecule is CCOC(=O)[C@H]1NCCc2ccccc21. The number of rotatable bonds is 2. The van der Waals surface area contributed by atoms with Crippen LogP contribution in [0.1, 0.15) is 24.1 Å². The van der Waals surface area contributed by atoms with Crippen LogP contribution in [0.2, 0.25) is 0 Å². The number of esters is 1. The zero-order chi connectivity index (χ0) is 10.7. The van der Waals surface area contributed by atoms with Crippen molar-refractivity contribution in [3.05, 3.63) is 35.4 Å². The van der Waals surface area contributed by atoms with Crippen LogP contribution in [-0.2, 0) is 16.0 Å². The third-order valence-electron chi connectivity index (χ3n) is 2.63. The van der Waals surface area contributed by atoms with E-state index in [-0.39, 0.29) is 12.0 Å². The maximum Gasteiger partial charge on any atom is 0.327 e. The van der Waals surface area contributed by atoms with Crippen LogP contribution in [0.15, 0.2) is 24.3 Å². The molecule has 15 heavy (non-hydrogen) atoms. The molecule has 2 rings (SSSR count). The third kappa shape index (κ3) is 2.02. The second-order valence-electron chi connectivity index (χ2n) is 3.59. The summed E-state index contributed by atoms with van der Waals surface area (Å²) < 4.78 is 5.04. The number of ether oxygens (including phenoxy) is 1. The molecule has 1 N–H and O–H groups in total. The molecule has 80 valence electrons. The molecule has 1 aromatic rings. The Kier molecular flexibility index (Phi) is 3.02. The lowest BCUT2D eigenvalue weighted by molar-refractivity contribution is -0.146. The molecule has 0 radical (unpaired) electrons. The highest BCUT2D eigenvalue weighted by molar-refractivity contribution is 5.78. The summed E-state index contributed by atoms with van der Waals surface area (Å²) in [6, 6.07) is 7.74. The molecule has 3 heteroatoms. The van der Waals surface area contributed by atoms with E-state index >= 15 is 0 Å². The standard InChI is InChI=1S/C12H15NO2/c1-2-15-12(14)11-10-6-4-3-5-9(10)7-8-13-11/h3-6,11,13H,2,7-8H2,1H3/t11-/m0/s1. The van der Waals surface area contributed by atoms with Crippen LogP contribution < -0.4 is 5.32 Å². The summed E-state index contributed by atoms with van der Waals surface area (Å²) in [7, 11) is 0. The van der Waals surface area contributed by atoms with Crippen molar-refractivity contribution in [3.8, 4) is 0 Å². The normalized spacial score (nSPS) is 19.4. The molecule has 1 atom stereocenters. The maximum absolute atomic E-state index is 11.7. The van der Waals surface area contributed by atoms with Gasteiger partial charge in [-0.3, -0.25) is 0 Å². The molecule has 0 bridgehead atoms. The Bertz CT molecular complexity index is 362. The first-order valence-electron chi connectivity index (χ1n) is 5.30. The minimum Gasteiger partial charge on any atom is -0.465 e. The van der Waals surface area contributed by atoms with Gasteiger partial charge in [0.25, 0.3) is 0 Å². The minimum absolute atomic E-state index is 0.176. The van der Waals surface area contributed by atoms with E-state index in [9.17, 15) is 4.79 Å². The lowest BCUT2D eigenvalue weighted by Crippen LogP contribution is -2.36. The van der Waals surface area contributed by atoms with E-state index in [1.807, 2.05) is 25.1 Å². The van der Waals surface area contributed by atoms with E-state index in [4.69, 9.17) is 4.74 Å². The maximum atomic E-state index is 11.7. The van der Waals surface area contributed by atoms with E-state index in [1.54, 1.807) is 0 Å². The Morgan fingerprint density at radius 1 is 1.53 bits per heavy atom. The Hall–Kier alpha value is -1.35. The zero-order valence-corrected chi connectivity index (χ0v) is 8.82. The molecule has 1 aromatic carbocycles. The van der Waals surface area contributed by atoms with Crippen LogP contribution >= 0.6 is 0 Å². The molecule has 0 aromatic heterocycles. The summed E-state index contributed by atoms with van der Waals surface area (Å²) >= 11 is 0. The predicted molar refractivity (Wildman–Crippen MR) is 57.5 cm³/mol.